The van der Waals surface area contributed by atoms with E-state index in [0.717, 1.165) is 12.2 Å². The molecule has 1 aliphatic rings. The zero-order chi connectivity index (χ0) is 7.84. The summed E-state index contributed by atoms with van der Waals surface area (Å²) >= 11 is 5.73. The first-order chi connectivity index (χ1) is 5.27. The van der Waals surface area contributed by atoms with Gasteiger partial charge in [-0.2, -0.15) is 0 Å². The van der Waals surface area contributed by atoms with Crippen LogP contribution in [0.3, 0.4) is 0 Å². The van der Waals surface area contributed by atoms with Gasteiger partial charge >= 0.3 is 0 Å². The maximum Gasteiger partial charge on any atom is 0.129 e. The number of pyridine rings is 1. The average Bonchev–Trinajstić information content (AvgIpc) is 2.32. The third-order valence-corrected chi connectivity index (χ3v) is 2.23. The van der Waals surface area contributed by atoms with Gasteiger partial charge in [-0.15, -0.1) is 0 Å². The molecule has 2 heterocycles. The van der Waals surface area contributed by atoms with Crippen molar-refractivity contribution in [2.45, 2.75) is 19.5 Å². The minimum Gasteiger partial charge on any atom is -0.304 e. The number of nitrogens with one attached hydrogen (secondary N) is 1. The number of hydrogen-bond acceptors (Lipinski definition) is 2. The molecule has 1 N–H and O–H groups in total. The fraction of sp³-hybridized carbons (Fsp3) is 0.375. The molecule has 0 radical (unpaired) electrons. The second-order valence-electron chi connectivity index (χ2n) is 2.77. The third kappa shape index (κ3) is 1.12. The van der Waals surface area contributed by atoms with Gasteiger partial charge in [0.05, 0.1) is 5.69 Å². The Balaban J connectivity index is 2.50. The summed E-state index contributed by atoms with van der Waals surface area (Å²) < 4.78 is 0. The first-order valence-corrected chi connectivity index (χ1v) is 4.04. The van der Waals surface area contributed by atoms with Crippen LogP contribution in [0.1, 0.15) is 24.2 Å². The van der Waals surface area contributed by atoms with Crippen molar-refractivity contribution in [1.29, 1.82) is 0 Å². The number of halogens is 1. The molecule has 58 valence electrons. The van der Waals surface area contributed by atoms with Crippen LogP contribution < -0.4 is 5.32 Å². The van der Waals surface area contributed by atoms with Crippen LogP contribution >= 0.6 is 11.6 Å². The second kappa shape index (κ2) is 2.47. The monoisotopic (exact) mass is 168 g/mol. The quantitative estimate of drug-likeness (QED) is 0.599. The lowest BCUT2D eigenvalue weighted by atomic mass is 10.1. The van der Waals surface area contributed by atoms with Gasteiger partial charge in [-0.3, -0.25) is 0 Å². The number of fused-ring (bicyclic) bond motifs is 1. The zero-order valence-electron chi connectivity index (χ0n) is 6.26. The highest BCUT2D eigenvalue weighted by atomic mass is 35.5. The summed E-state index contributed by atoms with van der Waals surface area (Å²) in [6.45, 7) is 2.97. The molecule has 2 rings (SSSR count). The molecule has 0 aromatic carbocycles. The highest BCUT2D eigenvalue weighted by Gasteiger charge is 2.18. The van der Waals surface area contributed by atoms with Crippen LogP contribution in [-0.2, 0) is 6.54 Å². The first-order valence-electron chi connectivity index (χ1n) is 3.66. The van der Waals surface area contributed by atoms with Crippen molar-refractivity contribution >= 4 is 11.6 Å². The Morgan fingerprint density at radius 1 is 1.64 bits per heavy atom. The summed E-state index contributed by atoms with van der Waals surface area (Å²) in [5, 5.41) is 3.87. The molecule has 1 atom stereocenters. The van der Waals surface area contributed by atoms with E-state index >= 15 is 0 Å². The zero-order valence-corrected chi connectivity index (χ0v) is 7.02. The van der Waals surface area contributed by atoms with Gasteiger partial charge in [-0.05, 0) is 18.6 Å². The standard InChI is InChI=1S/C8H9ClN2/c1-5-6-2-3-8(9)11-7(6)4-10-5/h2-3,5,10H,4H2,1H3. The first kappa shape index (κ1) is 7.07. The fourth-order valence-electron chi connectivity index (χ4n) is 1.38. The summed E-state index contributed by atoms with van der Waals surface area (Å²) in [6, 6.07) is 4.30. The minimum absolute atomic E-state index is 0.426. The van der Waals surface area contributed by atoms with Crippen molar-refractivity contribution in [2.24, 2.45) is 0 Å². The maximum atomic E-state index is 5.73. The van der Waals surface area contributed by atoms with Crippen LogP contribution in [0.2, 0.25) is 5.15 Å². The van der Waals surface area contributed by atoms with Gasteiger partial charge in [0.1, 0.15) is 5.15 Å². The average molecular weight is 169 g/mol. The van der Waals surface area contributed by atoms with Crippen LogP contribution in [0.15, 0.2) is 12.1 Å². The molecule has 1 unspecified atom stereocenters. The lowest BCUT2D eigenvalue weighted by Crippen LogP contribution is -2.06. The van der Waals surface area contributed by atoms with Gasteiger partial charge in [-0.1, -0.05) is 17.7 Å². The molecule has 2 nitrogen and oxygen atoms in total. The fourth-order valence-corrected chi connectivity index (χ4v) is 1.55. The lowest BCUT2D eigenvalue weighted by Gasteiger charge is -2.01. The van der Waals surface area contributed by atoms with Crippen molar-refractivity contribution in [1.82, 2.24) is 10.3 Å². The molecule has 3 heteroatoms. The summed E-state index contributed by atoms with van der Waals surface area (Å²) in [5.41, 5.74) is 2.36. The minimum atomic E-state index is 0.426. The van der Waals surface area contributed by atoms with E-state index in [1.807, 2.05) is 12.1 Å². The Bertz CT molecular complexity index is 285. The maximum absolute atomic E-state index is 5.73. The molecule has 0 bridgehead atoms. The molecule has 1 aliphatic heterocycles. The number of nitrogens with zero attached hydrogens (tertiary/aromatic N) is 1. The molecule has 1 aromatic rings. The molecule has 0 fully saturated rings. The van der Waals surface area contributed by atoms with Crippen LogP contribution in [0.5, 0.6) is 0 Å². The predicted octanol–water partition coefficient (Wildman–Crippen LogP) is 1.90. The van der Waals surface area contributed by atoms with Gasteiger partial charge in [0.2, 0.25) is 0 Å². The van der Waals surface area contributed by atoms with Crippen LogP contribution in [0, 0.1) is 0 Å². The van der Waals surface area contributed by atoms with E-state index in [1.165, 1.54) is 5.56 Å². The van der Waals surface area contributed by atoms with Crippen molar-refractivity contribution in [3.63, 3.8) is 0 Å². The summed E-state index contributed by atoms with van der Waals surface area (Å²) in [5.74, 6) is 0. The number of hydrogen-bond donors (Lipinski definition) is 1. The van der Waals surface area contributed by atoms with Gasteiger partial charge < -0.3 is 5.32 Å². The normalized spacial score (nSPS) is 21.8. The van der Waals surface area contributed by atoms with E-state index in [1.54, 1.807) is 0 Å². The lowest BCUT2D eigenvalue weighted by molar-refractivity contribution is 0.632. The van der Waals surface area contributed by atoms with E-state index in [9.17, 15) is 0 Å². The van der Waals surface area contributed by atoms with Gasteiger partial charge in [-0.25, -0.2) is 4.98 Å². The Morgan fingerprint density at radius 3 is 3.27 bits per heavy atom. The van der Waals surface area contributed by atoms with Gasteiger partial charge in [0.25, 0.3) is 0 Å². The molecule has 0 saturated heterocycles. The van der Waals surface area contributed by atoms with E-state index in [-0.39, 0.29) is 0 Å². The molecule has 1 aromatic heterocycles. The molecule has 0 spiro atoms. The number of rotatable bonds is 0. The molecule has 0 saturated carbocycles. The largest absolute Gasteiger partial charge is 0.304 e. The Labute approximate surface area is 70.6 Å². The van der Waals surface area contributed by atoms with Crippen LogP contribution in [0.4, 0.5) is 0 Å². The molecule has 0 aliphatic carbocycles. The van der Waals surface area contributed by atoms with Crippen molar-refractivity contribution in [2.75, 3.05) is 0 Å². The summed E-state index contributed by atoms with van der Waals surface area (Å²) in [6.07, 6.45) is 0. The summed E-state index contributed by atoms with van der Waals surface area (Å²) in [4.78, 5) is 4.21. The Kier molecular flexibility index (Phi) is 1.59. The Morgan fingerprint density at radius 2 is 2.45 bits per heavy atom. The van der Waals surface area contributed by atoms with E-state index < -0.39 is 0 Å². The van der Waals surface area contributed by atoms with Crippen molar-refractivity contribution in [3.05, 3.63) is 28.5 Å². The van der Waals surface area contributed by atoms with Gasteiger partial charge in [0.15, 0.2) is 0 Å². The molecule has 0 amide bonds. The second-order valence-corrected chi connectivity index (χ2v) is 3.16. The van der Waals surface area contributed by atoms with E-state index in [4.69, 9.17) is 11.6 Å². The third-order valence-electron chi connectivity index (χ3n) is 2.02. The smallest absolute Gasteiger partial charge is 0.129 e. The topological polar surface area (TPSA) is 24.9 Å². The van der Waals surface area contributed by atoms with E-state index in [2.05, 4.69) is 17.2 Å². The Hall–Kier alpha value is -0.600. The highest BCUT2D eigenvalue weighted by Crippen LogP contribution is 2.24. The predicted molar refractivity (Wildman–Crippen MR) is 44.5 cm³/mol. The molecule has 11 heavy (non-hydrogen) atoms. The molecular formula is C8H9ClN2. The van der Waals surface area contributed by atoms with Crippen LogP contribution in [0.25, 0.3) is 0 Å². The molecular weight excluding hydrogens is 160 g/mol. The van der Waals surface area contributed by atoms with Gasteiger partial charge in [0, 0.05) is 12.6 Å². The highest BCUT2D eigenvalue weighted by molar-refractivity contribution is 6.29. The SMILES string of the molecule is CC1NCc2nc(Cl)ccc21. The van der Waals surface area contributed by atoms with E-state index in [0.29, 0.717) is 11.2 Å². The van der Waals surface area contributed by atoms with Crippen molar-refractivity contribution < 1.29 is 0 Å². The number of aromatic nitrogens is 1. The van der Waals surface area contributed by atoms with Crippen LogP contribution in [-0.4, -0.2) is 4.98 Å². The van der Waals surface area contributed by atoms with Crippen molar-refractivity contribution in [3.8, 4) is 0 Å². The summed E-state index contributed by atoms with van der Waals surface area (Å²) in [7, 11) is 0.